The number of carbonyl (C=O) groups excluding carboxylic acids is 2. The first-order valence-electron chi connectivity index (χ1n) is 9.81. The largest absolute Gasteiger partial charge is 0.496 e. The van der Waals surface area contributed by atoms with Crippen LogP contribution in [0.4, 0.5) is 4.79 Å². The predicted octanol–water partition coefficient (Wildman–Crippen LogP) is 4.25. The van der Waals surface area contributed by atoms with Gasteiger partial charge in [-0.05, 0) is 46.2 Å². The number of amides is 1. The molecule has 1 aliphatic rings. The number of nitrogens with one attached hydrogen (secondary N) is 1. The first-order valence-corrected chi connectivity index (χ1v) is 10.6. The lowest BCUT2D eigenvalue weighted by Crippen LogP contribution is -2.47. The summed E-state index contributed by atoms with van der Waals surface area (Å²) in [6.07, 6.45) is 0.191. The van der Waals surface area contributed by atoms with Crippen LogP contribution < -0.4 is 10.1 Å². The van der Waals surface area contributed by atoms with Gasteiger partial charge in [0.15, 0.2) is 0 Å². The summed E-state index contributed by atoms with van der Waals surface area (Å²) in [6, 6.07) is 2.74. The van der Waals surface area contributed by atoms with Gasteiger partial charge in [0.1, 0.15) is 17.4 Å². The Morgan fingerprint density at radius 2 is 1.93 bits per heavy atom. The van der Waals surface area contributed by atoms with Gasteiger partial charge in [0.05, 0.1) is 24.3 Å². The summed E-state index contributed by atoms with van der Waals surface area (Å²) >= 11 is 12.7. The molecule has 2 rings (SSSR count). The van der Waals surface area contributed by atoms with Crippen molar-refractivity contribution in [2.24, 2.45) is 0 Å². The van der Waals surface area contributed by atoms with E-state index in [1.807, 2.05) is 20.8 Å². The Hall–Kier alpha value is -1.70. The molecule has 0 bridgehead atoms. The molecular weight excluding hydrogens is 431 g/mol. The molecule has 1 saturated heterocycles. The van der Waals surface area contributed by atoms with E-state index >= 15 is 0 Å². The van der Waals surface area contributed by atoms with Gasteiger partial charge in [-0.1, -0.05) is 23.2 Å². The third kappa shape index (κ3) is 5.93. The average molecular weight is 461 g/mol. The normalized spacial score (nSPS) is 20.1. The van der Waals surface area contributed by atoms with Gasteiger partial charge in [-0.2, -0.15) is 0 Å². The Labute approximate surface area is 187 Å². The summed E-state index contributed by atoms with van der Waals surface area (Å²) in [6.45, 7) is 7.97. The first kappa shape index (κ1) is 24.6. The Balaban J connectivity index is 2.29. The molecule has 0 spiro atoms. The van der Waals surface area contributed by atoms with Crippen molar-refractivity contribution in [3.8, 4) is 5.75 Å². The van der Waals surface area contributed by atoms with Crippen LogP contribution in [0.25, 0.3) is 0 Å². The van der Waals surface area contributed by atoms with Crippen molar-refractivity contribution in [1.29, 1.82) is 0 Å². The van der Waals surface area contributed by atoms with E-state index < -0.39 is 17.7 Å². The number of benzene rings is 1. The molecule has 168 valence electrons. The molecule has 0 unspecified atom stereocenters. The predicted molar refractivity (Wildman–Crippen MR) is 117 cm³/mol. The van der Waals surface area contributed by atoms with Crippen LogP contribution in [-0.4, -0.2) is 62.0 Å². The molecule has 1 N–H and O–H groups in total. The van der Waals surface area contributed by atoms with Gasteiger partial charge >= 0.3 is 12.1 Å². The van der Waals surface area contributed by atoms with Crippen LogP contribution in [0.3, 0.4) is 0 Å². The minimum atomic E-state index is -0.627. The quantitative estimate of drug-likeness (QED) is 0.639. The highest BCUT2D eigenvalue weighted by atomic mass is 35.5. The van der Waals surface area contributed by atoms with E-state index in [-0.39, 0.29) is 17.9 Å². The van der Waals surface area contributed by atoms with Gasteiger partial charge in [-0.15, -0.1) is 0 Å². The molecule has 1 aromatic carbocycles. The van der Waals surface area contributed by atoms with Gasteiger partial charge in [-0.25, -0.2) is 4.79 Å². The topological polar surface area (TPSA) is 77.1 Å². The number of likely N-dealkylation sites (tertiary alicyclic amines) is 1. The molecule has 0 aliphatic carbocycles. The summed E-state index contributed by atoms with van der Waals surface area (Å²) in [5, 5.41) is 3.98. The molecule has 30 heavy (non-hydrogen) atoms. The molecule has 1 aromatic rings. The summed E-state index contributed by atoms with van der Waals surface area (Å²) in [5.74, 6) is 0.155. The average Bonchev–Trinajstić information content (AvgIpc) is 3.09. The third-order valence-corrected chi connectivity index (χ3v) is 5.80. The SMILES string of the molecule is COC(=O)[C@H](C)NC[C@@H]1C[C@H](c2c(OC)ccc(Cl)c2Cl)CN1C(=O)OC(C)(C)C. The van der Waals surface area contributed by atoms with Crippen molar-refractivity contribution in [2.45, 2.75) is 57.7 Å². The number of nitrogens with zero attached hydrogens (tertiary/aromatic N) is 1. The molecule has 9 heteroatoms. The monoisotopic (exact) mass is 460 g/mol. The zero-order valence-electron chi connectivity index (χ0n) is 18.3. The second-order valence-corrected chi connectivity index (χ2v) is 9.13. The Morgan fingerprint density at radius 3 is 2.50 bits per heavy atom. The molecule has 0 saturated carbocycles. The summed E-state index contributed by atoms with van der Waals surface area (Å²) in [4.78, 5) is 26.3. The fraction of sp³-hybridized carbons (Fsp3) is 0.619. The molecule has 3 atom stereocenters. The summed E-state index contributed by atoms with van der Waals surface area (Å²) in [5.41, 5.74) is 0.140. The van der Waals surface area contributed by atoms with Crippen molar-refractivity contribution in [1.82, 2.24) is 10.2 Å². The maximum atomic E-state index is 12.9. The van der Waals surface area contributed by atoms with E-state index in [2.05, 4.69) is 5.32 Å². The van der Waals surface area contributed by atoms with Crippen molar-refractivity contribution < 1.29 is 23.8 Å². The van der Waals surface area contributed by atoms with Crippen LogP contribution in [0.2, 0.25) is 10.0 Å². The number of esters is 1. The van der Waals surface area contributed by atoms with E-state index in [1.165, 1.54) is 7.11 Å². The highest BCUT2D eigenvalue weighted by Crippen LogP contribution is 2.43. The maximum absolute atomic E-state index is 12.9. The van der Waals surface area contributed by atoms with Gasteiger partial charge in [0, 0.05) is 30.6 Å². The highest BCUT2D eigenvalue weighted by Gasteiger charge is 2.40. The van der Waals surface area contributed by atoms with Crippen LogP contribution in [-0.2, 0) is 14.3 Å². The zero-order chi connectivity index (χ0) is 22.6. The molecule has 0 aromatic heterocycles. The van der Waals surface area contributed by atoms with Crippen LogP contribution in [0.1, 0.15) is 45.6 Å². The Bertz CT molecular complexity index is 781. The van der Waals surface area contributed by atoms with Crippen molar-refractivity contribution in [3.63, 3.8) is 0 Å². The standard InChI is InChI=1S/C21H30Cl2N2O5/c1-12(19(26)29-6)24-10-14-9-13(11-25(14)20(27)30-21(2,3)4)17-16(28-5)8-7-15(22)18(17)23/h7-8,12-14,24H,9-11H2,1-6H3/t12-,13-,14-/m0/s1. The molecule has 1 amide bonds. The fourth-order valence-corrected chi connectivity index (χ4v) is 4.02. The number of methoxy groups -OCH3 is 2. The van der Waals surface area contributed by atoms with Gasteiger partial charge in [0.25, 0.3) is 0 Å². The molecule has 0 radical (unpaired) electrons. The number of carbonyl (C=O) groups is 2. The Kier molecular flexibility index (Phi) is 8.25. The highest BCUT2D eigenvalue weighted by molar-refractivity contribution is 6.42. The van der Waals surface area contributed by atoms with Crippen LogP contribution in [0.5, 0.6) is 5.75 Å². The fourth-order valence-electron chi connectivity index (χ4n) is 3.54. The van der Waals surface area contributed by atoms with Crippen LogP contribution >= 0.6 is 23.2 Å². The van der Waals surface area contributed by atoms with E-state index in [1.54, 1.807) is 31.1 Å². The maximum Gasteiger partial charge on any atom is 0.410 e. The number of halogens is 2. The number of ether oxygens (including phenoxy) is 3. The van der Waals surface area contributed by atoms with Crippen LogP contribution in [0, 0.1) is 0 Å². The van der Waals surface area contributed by atoms with E-state index in [9.17, 15) is 9.59 Å². The third-order valence-electron chi connectivity index (χ3n) is 4.98. The van der Waals surface area contributed by atoms with E-state index in [4.69, 9.17) is 37.4 Å². The van der Waals surface area contributed by atoms with Gasteiger partial charge < -0.3 is 24.4 Å². The lowest BCUT2D eigenvalue weighted by atomic mass is 9.95. The van der Waals surface area contributed by atoms with Crippen LogP contribution in [0.15, 0.2) is 12.1 Å². The molecular formula is C21H30Cl2N2O5. The van der Waals surface area contributed by atoms with Crippen molar-refractivity contribution in [2.75, 3.05) is 27.3 Å². The smallest absolute Gasteiger partial charge is 0.410 e. The molecule has 1 aliphatic heterocycles. The minimum Gasteiger partial charge on any atom is -0.496 e. The Morgan fingerprint density at radius 1 is 1.27 bits per heavy atom. The number of rotatable bonds is 6. The second kappa shape index (κ2) is 10.1. The molecule has 1 heterocycles. The van der Waals surface area contributed by atoms with Crippen molar-refractivity contribution in [3.05, 3.63) is 27.7 Å². The number of hydrogen-bond donors (Lipinski definition) is 1. The summed E-state index contributed by atoms with van der Waals surface area (Å²) in [7, 11) is 2.91. The summed E-state index contributed by atoms with van der Waals surface area (Å²) < 4.78 is 15.9. The molecule has 1 fully saturated rings. The first-order chi connectivity index (χ1) is 14.0. The van der Waals surface area contributed by atoms with E-state index in [0.717, 1.165) is 5.56 Å². The minimum absolute atomic E-state index is 0.0982. The van der Waals surface area contributed by atoms with Gasteiger partial charge in [0.2, 0.25) is 0 Å². The zero-order valence-corrected chi connectivity index (χ0v) is 19.8. The van der Waals surface area contributed by atoms with E-state index in [0.29, 0.717) is 35.3 Å². The van der Waals surface area contributed by atoms with Crippen molar-refractivity contribution >= 4 is 35.3 Å². The van der Waals surface area contributed by atoms with Gasteiger partial charge in [-0.3, -0.25) is 4.79 Å². The molecule has 7 nitrogen and oxygen atoms in total. The lowest BCUT2D eigenvalue weighted by molar-refractivity contribution is -0.142. The number of hydrogen-bond acceptors (Lipinski definition) is 6. The lowest BCUT2D eigenvalue weighted by Gasteiger charge is -2.29. The second-order valence-electron chi connectivity index (χ2n) is 8.35.